The smallest absolute Gasteiger partial charge is 0.119 e. The van der Waals surface area contributed by atoms with Crippen molar-refractivity contribution in [1.82, 2.24) is 10.3 Å². The van der Waals surface area contributed by atoms with Crippen LogP contribution in [0.2, 0.25) is 0 Å². The van der Waals surface area contributed by atoms with Crippen molar-refractivity contribution in [3.63, 3.8) is 0 Å². The molecule has 1 heterocycles. The van der Waals surface area contributed by atoms with Crippen LogP contribution in [-0.4, -0.2) is 18.1 Å². The average molecular weight is 298 g/mol. The van der Waals surface area contributed by atoms with Gasteiger partial charge in [-0.2, -0.15) is 0 Å². The Bertz CT molecular complexity index is 666. The number of pyridine rings is 1. The van der Waals surface area contributed by atoms with Crippen LogP contribution in [0, 0.1) is 0 Å². The topological polar surface area (TPSA) is 34.2 Å². The second kappa shape index (κ2) is 6.66. The second-order valence-corrected chi connectivity index (χ2v) is 6.30. The molecule has 3 heteroatoms. The van der Waals surface area contributed by atoms with Crippen molar-refractivity contribution in [1.29, 1.82) is 0 Å². The largest absolute Gasteiger partial charge is 0.497 e. The van der Waals surface area contributed by atoms with Crippen molar-refractivity contribution in [2.45, 2.75) is 58.5 Å². The highest BCUT2D eigenvalue weighted by atomic mass is 16.5. The number of hydrogen-bond donors (Lipinski definition) is 1. The molecule has 0 bridgehead atoms. The molecule has 1 aromatic carbocycles. The maximum absolute atomic E-state index is 5.42. The van der Waals surface area contributed by atoms with Crippen LogP contribution in [0.3, 0.4) is 0 Å². The second-order valence-electron chi connectivity index (χ2n) is 6.30. The molecule has 1 aliphatic rings. The van der Waals surface area contributed by atoms with Crippen molar-refractivity contribution < 1.29 is 4.74 Å². The van der Waals surface area contributed by atoms with Crippen LogP contribution in [0.15, 0.2) is 18.2 Å². The van der Waals surface area contributed by atoms with Gasteiger partial charge in [-0.15, -0.1) is 0 Å². The molecule has 3 nitrogen and oxygen atoms in total. The Morgan fingerprint density at radius 1 is 1.27 bits per heavy atom. The summed E-state index contributed by atoms with van der Waals surface area (Å²) in [5.74, 6) is 0.912. The first-order chi connectivity index (χ1) is 10.7. The van der Waals surface area contributed by atoms with Gasteiger partial charge in [0.05, 0.1) is 12.6 Å². The van der Waals surface area contributed by atoms with E-state index in [4.69, 9.17) is 9.72 Å². The van der Waals surface area contributed by atoms with Crippen LogP contribution in [0.5, 0.6) is 5.75 Å². The molecule has 0 saturated heterocycles. The van der Waals surface area contributed by atoms with E-state index >= 15 is 0 Å². The molecule has 0 fully saturated rings. The minimum absolute atomic E-state index is 0.535. The lowest BCUT2D eigenvalue weighted by Gasteiger charge is -2.22. The van der Waals surface area contributed by atoms with Crippen molar-refractivity contribution in [2.24, 2.45) is 0 Å². The molecule has 1 aromatic heterocycles. The first-order valence-electron chi connectivity index (χ1n) is 8.44. The predicted octanol–water partition coefficient (Wildman–Crippen LogP) is 4.01. The number of hydrogen-bond acceptors (Lipinski definition) is 3. The molecular formula is C19H26N2O. The summed E-state index contributed by atoms with van der Waals surface area (Å²) in [4.78, 5) is 4.92. The molecule has 0 amide bonds. The maximum Gasteiger partial charge on any atom is 0.119 e. The number of fused-ring (bicyclic) bond motifs is 2. The van der Waals surface area contributed by atoms with E-state index in [1.54, 1.807) is 7.11 Å². The summed E-state index contributed by atoms with van der Waals surface area (Å²) < 4.78 is 5.42. The molecule has 0 saturated carbocycles. The number of nitrogens with zero attached hydrogens (tertiary/aromatic N) is 1. The van der Waals surface area contributed by atoms with Crippen LogP contribution in [0.25, 0.3) is 10.9 Å². The van der Waals surface area contributed by atoms with Gasteiger partial charge < -0.3 is 10.1 Å². The van der Waals surface area contributed by atoms with E-state index in [9.17, 15) is 0 Å². The summed E-state index contributed by atoms with van der Waals surface area (Å²) in [7, 11) is 1.73. The number of benzene rings is 1. The van der Waals surface area contributed by atoms with E-state index in [1.165, 1.54) is 35.0 Å². The van der Waals surface area contributed by atoms with Crippen LogP contribution in [0.1, 0.15) is 49.9 Å². The normalized spacial score (nSPS) is 15.6. The quantitative estimate of drug-likeness (QED) is 0.905. The van der Waals surface area contributed by atoms with Gasteiger partial charge in [-0.25, -0.2) is 0 Å². The fourth-order valence-corrected chi connectivity index (χ4v) is 3.25. The van der Waals surface area contributed by atoms with Crippen molar-refractivity contribution in [3.05, 3.63) is 35.0 Å². The maximum atomic E-state index is 5.42. The molecule has 1 aliphatic carbocycles. The highest BCUT2D eigenvalue weighted by Gasteiger charge is 2.18. The van der Waals surface area contributed by atoms with Crippen LogP contribution in [-0.2, 0) is 19.4 Å². The zero-order valence-corrected chi connectivity index (χ0v) is 13.9. The number of nitrogens with one attached hydrogen (secondary N) is 1. The predicted molar refractivity (Wildman–Crippen MR) is 91.5 cm³/mol. The van der Waals surface area contributed by atoms with Gasteiger partial charge >= 0.3 is 0 Å². The summed E-state index contributed by atoms with van der Waals surface area (Å²) in [6, 6.07) is 6.78. The lowest BCUT2D eigenvalue weighted by atomic mass is 9.89. The molecule has 118 valence electrons. The lowest BCUT2D eigenvalue weighted by molar-refractivity contribution is 0.415. The van der Waals surface area contributed by atoms with Gasteiger partial charge in [-0.3, -0.25) is 4.98 Å². The zero-order valence-electron chi connectivity index (χ0n) is 13.9. The summed E-state index contributed by atoms with van der Waals surface area (Å²) in [5.41, 5.74) is 5.31. The summed E-state index contributed by atoms with van der Waals surface area (Å²) in [6.07, 6.45) is 5.97. The molecule has 22 heavy (non-hydrogen) atoms. The number of aryl methyl sites for hydroxylation is 1. The Morgan fingerprint density at radius 3 is 2.86 bits per heavy atom. The summed E-state index contributed by atoms with van der Waals surface area (Å²) in [6.45, 7) is 5.39. The minimum atomic E-state index is 0.535. The minimum Gasteiger partial charge on any atom is -0.497 e. The molecule has 2 aromatic rings. The van der Waals surface area contributed by atoms with E-state index in [0.717, 1.165) is 37.1 Å². The van der Waals surface area contributed by atoms with Crippen LogP contribution < -0.4 is 10.1 Å². The first kappa shape index (κ1) is 15.3. The Kier molecular flexibility index (Phi) is 4.63. The third-order valence-corrected chi connectivity index (χ3v) is 4.83. The monoisotopic (exact) mass is 298 g/mol. The highest BCUT2D eigenvalue weighted by Crippen LogP contribution is 2.31. The van der Waals surface area contributed by atoms with E-state index < -0.39 is 0 Å². The van der Waals surface area contributed by atoms with E-state index in [2.05, 4.69) is 31.3 Å². The van der Waals surface area contributed by atoms with Crippen molar-refractivity contribution >= 4 is 10.9 Å². The SMILES string of the molecule is CCC(C)NCc1c2c(nc3ccc(OC)cc13)CCCC2. The molecule has 1 N–H and O–H groups in total. The number of rotatable bonds is 5. The summed E-state index contributed by atoms with van der Waals surface area (Å²) in [5, 5.41) is 4.91. The van der Waals surface area contributed by atoms with Crippen LogP contribution in [0.4, 0.5) is 0 Å². The van der Waals surface area contributed by atoms with Gasteiger partial charge in [0.1, 0.15) is 5.75 Å². The molecule has 0 aliphatic heterocycles. The van der Waals surface area contributed by atoms with E-state index in [-0.39, 0.29) is 0 Å². The number of ether oxygens (including phenoxy) is 1. The van der Waals surface area contributed by atoms with Gasteiger partial charge in [0.25, 0.3) is 0 Å². The fraction of sp³-hybridized carbons (Fsp3) is 0.526. The van der Waals surface area contributed by atoms with Crippen molar-refractivity contribution in [2.75, 3.05) is 7.11 Å². The van der Waals surface area contributed by atoms with Crippen LogP contribution >= 0.6 is 0 Å². The Hall–Kier alpha value is -1.61. The fourth-order valence-electron chi connectivity index (χ4n) is 3.25. The highest BCUT2D eigenvalue weighted by molar-refractivity contribution is 5.85. The Labute approximate surface area is 133 Å². The molecule has 0 spiro atoms. The zero-order chi connectivity index (χ0) is 15.5. The van der Waals surface area contributed by atoms with Gasteiger partial charge in [-0.05, 0) is 68.4 Å². The number of methoxy groups -OCH3 is 1. The van der Waals surface area contributed by atoms with Gasteiger partial charge in [-0.1, -0.05) is 6.92 Å². The van der Waals surface area contributed by atoms with E-state index in [0.29, 0.717) is 6.04 Å². The third kappa shape index (κ3) is 2.95. The lowest BCUT2D eigenvalue weighted by Crippen LogP contribution is -2.26. The molecule has 0 radical (unpaired) electrons. The molecule has 1 atom stereocenters. The molecular weight excluding hydrogens is 272 g/mol. The Balaban J connectivity index is 2.10. The van der Waals surface area contributed by atoms with Gasteiger partial charge in [0.15, 0.2) is 0 Å². The first-order valence-corrected chi connectivity index (χ1v) is 8.44. The van der Waals surface area contributed by atoms with Crippen molar-refractivity contribution in [3.8, 4) is 5.75 Å². The summed E-state index contributed by atoms with van der Waals surface area (Å²) >= 11 is 0. The third-order valence-electron chi connectivity index (χ3n) is 4.83. The molecule has 3 rings (SSSR count). The van der Waals surface area contributed by atoms with Gasteiger partial charge in [0.2, 0.25) is 0 Å². The molecule has 1 unspecified atom stereocenters. The Morgan fingerprint density at radius 2 is 2.09 bits per heavy atom. The van der Waals surface area contributed by atoms with Gasteiger partial charge in [0, 0.05) is 23.7 Å². The van der Waals surface area contributed by atoms with E-state index in [1.807, 2.05) is 6.07 Å². The average Bonchev–Trinajstić information content (AvgIpc) is 2.57. The number of aromatic nitrogens is 1. The standard InChI is InChI=1S/C19H26N2O/c1-4-13(2)20-12-17-15-7-5-6-8-18(15)21-19-10-9-14(22-3)11-16(17)19/h9-11,13,20H,4-8,12H2,1-3H3.